The van der Waals surface area contributed by atoms with Crippen LogP contribution >= 0.6 is 0 Å². The van der Waals surface area contributed by atoms with E-state index in [-0.39, 0.29) is 19.0 Å². The summed E-state index contributed by atoms with van der Waals surface area (Å²) in [4.78, 5) is 29.0. The van der Waals surface area contributed by atoms with E-state index in [1.54, 1.807) is 24.8 Å². The first-order valence-electron chi connectivity index (χ1n) is 11.5. The number of rotatable bonds is 6. The number of methoxy groups -OCH3 is 1. The average Bonchev–Trinajstić information content (AvgIpc) is 3.33. The Balaban J connectivity index is 1.53. The van der Waals surface area contributed by atoms with Crippen molar-refractivity contribution in [2.24, 2.45) is 0 Å². The Kier molecular flexibility index (Phi) is 6.01. The summed E-state index contributed by atoms with van der Waals surface area (Å²) in [6.45, 7) is 2.03. The molecule has 1 atom stereocenters. The highest BCUT2D eigenvalue weighted by molar-refractivity contribution is 6.12. The molecule has 4 aromatic rings. The van der Waals surface area contributed by atoms with E-state index in [9.17, 15) is 14.0 Å². The molecule has 1 N–H and O–H groups in total. The fourth-order valence-electron chi connectivity index (χ4n) is 4.54. The lowest BCUT2D eigenvalue weighted by Gasteiger charge is -2.43. The van der Waals surface area contributed by atoms with Crippen LogP contribution in [-0.4, -0.2) is 34.2 Å². The molecule has 8 heteroatoms. The molecule has 1 aromatic heterocycles. The van der Waals surface area contributed by atoms with E-state index in [4.69, 9.17) is 4.74 Å². The third-order valence-electron chi connectivity index (χ3n) is 6.43. The zero-order valence-electron chi connectivity index (χ0n) is 19.9. The Hall–Kier alpha value is -4.46. The molecule has 3 aromatic carbocycles. The molecule has 0 spiro atoms. The summed E-state index contributed by atoms with van der Waals surface area (Å²) in [6.07, 6.45) is 0. The fourth-order valence-corrected chi connectivity index (χ4v) is 4.54. The number of ether oxygens (including phenoxy) is 1. The van der Waals surface area contributed by atoms with Crippen LogP contribution in [0, 0.1) is 5.82 Å². The molecule has 182 valence electrons. The molecule has 2 heterocycles. The lowest BCUT2D eigenvalue weighted by Crippen LogP contribution is -2.64. The van der Waals surface area contributed by atoms with Gasteiger partial charge in [0.05, 0.1) is 19.3 Å². The number of carbonyl (C=O) groups is 2. The molecule has 0 unspecified atom stereocenters. The second-order valence-corrected chi connectivity index (χ2v) is 8.82. The van der Waals surface area contributed by atoms with E-state index in [1.165, 1.54) is 29.2 Å². The van der Waals surface area contributed by atoms with Crippen molar-refractivity contribution in [1.29, 1.82) is 0 Å². The van der Waals surface area contributed by atoms with Gasteiger partial charge in [0.2, 0.25) is 5.91 Å². The number of carbonyl (C=O) groups excluding carboxylic acids is 2. The molecule has 0 saturated carbocycles. The van der Waals surface area contributed by atoms with Crippen molar-refractivity contribution in [3.63, 3.8) is 0 Å². The van der Waals surface area contributed by atoms with Gasteiger partial charge in [0.1, 0.15) is 22.8 Å². The Morgan fingerprint density at radius 3 is 2.47 bits per heavy atom. The summed E-state index contributed by atoms with van der Waals surface area (Å²) in [5, 5.41) is 7.60. The fraction of sp³-hybridized carbons (Fsp3) is 0.179. The Morgan fingerprint density at radius 1 is 1.06 bits per heavy atom. The first-order chi connectivity index (χ1) is 17.4. The molecule has 0 aliphatic carbocycles. The minimum Gasteiger partial charge on any atom is -0.496 e. The van der Waals surface area contributed by atoms with Gasteiger partial charge in [0.25, 0.3) is 5.91 Å². The monoisotopic (exact) mass is 484 g/mol. The highest BCUT2D eigenvalue weighted by Crippen LogP contribution is 2.34. The molecule has 0 bridgehead atoms. The number of halogens is 1. The number of anilines is 1. The van der Waals surface area contributed by atoms with E-state index in [0.717, 1.165) is 11.1 Å². The second-order valence-electron chi connectivity index (χ2n) is 8.82. The van der Waals surface area contributed by atoms with Gasteiger partial charge < -0.3 is 10.1 Å². The number of nitrogens with zero attached hydrogens (tertiary/aromatic N) is 3. The van der Waals surface area contributed by atoms with Gasteiger partial charge >= 0.3 is 0 Å². The van der Waals surface area contributed by atoms with E-state index >= 15 is 0 Å². The van der Waals surface area contributed by atoms with Crippen molar-refractivity contribution >= 4 is 17.5 Å². The summed E-state index contributed by atoms with van der Waals surface area (Å²) in [5.74, 6) is -0.534. The average molecular weight is 485 g/mol. The maximum absolute atomic E-state index is 13.8. The normalized spacial score (nSPS) is 17.0. The van der Waals surface area contributed by atoms with Gasteiger partial charge in [-0.2, -0.15) is 5.10 Å². The number of nitrogens with one attached hydrogen (secondary N) is 1. The Morgan fingerprint density at radius 2 is 1.75 bits per heavy atom. The molecular weight excluding hydrogens is 459 g/mol. The number of hydrogen-bond donors (Lipinski definition) is 1. The van der Waals surface area contributed by atoms with E-state index in [2.05, 4.69) is 10.4 Å². The highest BCUT2D eigenvalue weighted by atomic mass is 19.1. The van der Waals surface area contributed by atoms with Crippen LogP contribution in [0.1, 0.15) is 23.0 Å². The first kappa shape index (κ1) is 23.3. The third kappa shape index (κ3) is 4.11. The maximum atomic E-state index is 13.8. The lowest BCUT2D eigenvalue weighted by atomic mass is 9.93. The quantitative estimate of drug-likeness (QED) is 0.439. The number of aromatic nitrogens is 2. The van der Waals surface area contributed by atoms with Crippen LogP contribution in [0.2, 0.25) is 0 Å². The molecule has 5 rings (SSSR count). The minimum absolute atomic E-state index is 0.121. The summed E-state index contributed by atoms with van der Waals surface area (Å²) >= 11 is 0. The Labute approximate surface area is 208 Å². The van der Waals surface area contributed by atoms with Crippen molar-refractivity contribution in [2.45, 2.75) is 25.6 Å². The third-order valence-corrected chi connectivity index (χ3v) is 6.43. The van der Waals surface area contributed by atoms with Gasteiger partial charge in [-0.25, -0.2) is 4.39 Å². The first-order valence-corrected chi connectivity index (χ1v) is 11.5. The zero-order chi connectivity index (χ0) is 25.3. The van der Waals surface area contributed by atoms with Crippen molar-refractivity contribution in [3.8, 4) is 17.0 Å². The lowest BCUT2D eigenvalue weighted by molar-refractivity contribution is -0.126. The standard InChI is InChI=1S/C28H25FN4O3/c1-28(27(35)30-17-20-10-6-7-11-25(20)36-2)18-32-24(16-23(31-32)19-8-4-3-5-9-19)26(34)33(28)22-14-12-21(29)13-15-22/h3-16H,17-18H2,1-2H3,(H,30,35)/t28-/m1/s1. The van der Waals surface area contributed by atoms with Crippen molar-refractivity contribution in [1.82, 2.24) is 15.1 Å². The number of para-hydroxylation sites is 1. The predicted molar refractivity (Wildman–Crippen MR) is 134 cm³/mol. The van der Waals surface area contributed by atoms with Crippen LogP contribution in [0.15, 0.2) is 84.9 Å². The van der Waals surface area contributed by atoms with Crippen LogP contribution in [0.4, 0.5) is 10.1 Å². The summed E-state index contributed by atoms with van der Waals surface area (Å²) in [6, 6.07) is 24.2. The molecule has 7 nitrogen and oxygen atoms in total. The second kappa shape index (κ2) is 9.30. The number of benzene rings is 3. The molecular formula is C28H25FN4O3. The Bertz CT molecular complexity index is 1420. The van der Waals surface area contributed by atoms with Crippen molar-refractivity contribution in [3.05, 3.63) is 102 Å². The summed E-state index contributed by atoms with van der Waals surface area (Å²) in [7, 11) is 1.57. The van der Waals surface area contributed by atoms with Gasteiger partial charge in [-0.3, -0.25) is 19.2 Å². The molecule has 0 fully saturated rings. The van der Waals surface area contributed by atoms with E-state index in [0.29, 0.717) is 22.8 Å². The van der Waals surface area contributed by atoms with Gasteiger partial charge in [-0.15, -0.1) is 0 Å². The van der Waals surface area contributed by atoms with E-state index < -0.39 is 17.3 Å². The largest absolute Gasteiger partial charge is 0.496 e. The number of hydrogen-bond acceptors (Lipinski definition) is 4. The van der Waals surface area contributed by atoms with Gasteiger partial charge in [0, 0.05) is 23.4 Å². The smallest absolute Gasteiger partial charge is 0.277 e. The van der Waals surface area contributed by atoms with Crippen molar-refractivity contribution < 1.29 is 18.7 Å². The number of amides is 2. The SMILES string of the molecule is COc1ccccc1CNC(=O)[C@@]1(C)Cn2nc(-c3ccccc3)cc2C(=O)N1c1ccc(F)cc1. The van der Waals surface area contributed by atoms with Crippen LogP contribution < -0.4 is 15.0 Å². The van der Waals surface area contributed by atoms with Crippen LogP contribution in [0.25, 0.3) is 11.3 Å². The maximum Gasteiger partial charge on any atom is 0.277 e. The molecule has 36 heavy (non-hydrogen) atoms. The van der Waals surface area contributed by atoms with Crippen molar-refractivity contribution in [2.75, 3.05) is 12.0 Å². The van der Waals surface area contributed by atoms with Crippen LogP contribution in [-0.2, 0) is 17.9 Å². The molecule has 1 aliphatic rings. The van der Waals surface area contributed by atoms with Crippen LogP contribution in [0.3, 0.4) is 0 Å². The van der Waals surface area contributed by atoms with Gasteiger partial charge in [-0.1, -0.05) is 48.5 Å². The molecule has 2 amide bonds. The molecule has 1 aliphatic heterocycles. The van der Waals surface area contributed by atoms with Gasteiger partial charge in [-0.05, 0) is 43.3 Å². The predicted octanol–water partition coefficient (Wildman–Crippen LogP) is 4.43. The summed E-state index contributed by atoms with van der Waals surface area (Å²) in [5.41, 5.74) is 1.75. The topological polar surface area (TPSA) is 76.5 Å². The molecule has 0 radical (unpaired) electrons. The van der Waals surface area contributed by atoms with Gasteiger partial charge in [0.15, 0.2) is 0 Å². The molecule has 0 saturated heterocycles. The highest BCUT2D eigenvalue weighted by Gasteiger charge is 2.48. The number of fused-ring (bicyclic) bond motifs is 1. The summed E-state index contributed by atoms with van der Waals surface area (Å²) < 4.78 is 20.7. The minimum atomic E-state index is -1.33. The zero-order valence-corrected chi connectivity index (χ0v) is 19.9. The van der Waals surface area contributed by atoms with Crippen LogP contribution in [0.5, 0.6) is 5.75 Å². The van der Waals surface area contributed by atoms with E-state index in [1.807, 2.05) is 54.6 Å².